The first-order chi connectivity index (χ1) is 7.43. The van der Waals surface area contributed by atoms with E-state index in [1.165, 1.54) is 24.3 Å². The van der Waals surface area contributed by atoms with Crippen LogP contribution in [0.25, 0.3) is 0 Å². The molecule has 1 rings (SSSR count). The van der Waals surface area contributed by atoms with Gasteiger partial charge in [0, 0.05) is 0 Å². The van der Waals surface area contributed by atoms with Gasteiger partial charge in [0.2, 0.25) is 10.0 Å². The summed E-state index contributed by atoms with van der Waals surface area (Å²) < 4.78 is 21.9. The van der Waals surface area contributed by atoms with E-state index in [1.807, 2.05) is 0 Å². The average molecular weight is 241 g/mol. The molecule has 0 bridgehead atoms. The van der Waals surface area contributed by atoms with Crippen molar-refractivity contribution >= 4 is 27.7 Å². The molecular formula is C9H11N3O3S. The van der Waals surface area contributed by atoms with Crippen molar-refractivity contribution in [2.24, 2.45) is 10.2 Å². The summed E-state index contributed by atoms with van der Waals surface area (Å²) in [7, 11) is -3.68. The summed E-state index contributed by atoms with van der Waals surface area (Å²) in [6, 6.07) is 5.70. The zero-order chi connectivity index (χ0) is 12.2. The number of sulfonamides is 1. The van der Waals surface area contributed by atoms with E-state index >= 15 is 0 Å². The third kappa shape index (κ3) is 3.44. The second kappa shape index (κ2) is 4.86. The molecule has 6 nitrogen and oxygen atoms in total. The first kappa shape index (κ1) is 12.3. The van der Waals surface area contributed by atoms with Gasteiger partial charge in [-0.25, -0.2) is 13.6 Å². The van der Waals surface area contributed by atoms with Crippen molar-refractivity contribution < 1.29 is 13.2 Å². The molecule has 0 aliphatic rings. The van der Waals surface area contributed by atoms with Crippen LogP contribution in [0.3, 0.4) is 0 Å². The number of nitrogens with one attached hydrogen (secondary N) is 1. The van der Waals surface area contributed by atoms with Gasteiger partial charge in [0.05, 0.1) is 16.3 Å². The van der Waals surface area contributed by atoms with Crippen LogP contribution in [-0.2, 0) is 14.8 Å². The van der Waals surface area contributed by atoms with Crippen molar-refractivity contribution in [2.75, 3.05) is 5.43 Å². The van der Waals surface area contributed by atoms with Crippen molar-refractivity contribution in [3.05, 3.63) is 24.3 Å². The summed E-state index contributed by atoms with van der Waals surface area (Å²) in [4.78, 5) is 10.3. The molecule has 3 N–H and O–H groups in total. The first-order valence-corrected chi connectivity index (χ1v) is 5.86. The number of nitrogens with zero attached hydrogens (tertiary/aromatic N) is 1. The Morgan fingerprint density at radius 3 is 2.38 bits per heavy atom. The number of rotatable bonds is 4. The van der Waals surface area contributed by atoms with Gasteiger partial charge in [-0.3, -0.25) is 10.2 Å². The molecule has 0 spiro atoms. The van der Waals surface area contributed by atoms with Crippen LogP contribution < -0.4 is 10.6 Å². The second-order valence-electron chi connectivity index (χ2n) is 3.05. The van der Waals surface area contributed by atoms with Crippen molar-refractivity contribution in [1.82, 2.24) is 0 Å². The monoisotopic (exact) mass is 241 g/mol. The number of hydrogen-bond donors (Lipinski definition) is 2. The van der Waals surface area contributed by atoms with Crippen LogP contribution in [0.2, 0.25) is 0 Å². The lowest BCUT2D eigenvalue weighted by Gasteiger charge is -2.02. The maximum absolute atomic E-state index is 10.9. The minimum absolute atomic E-state index is 0.0224. The summed E-state index contributed by atoms with van der Waals surface area (Å²) >= 11 is 0. The summed E-state index contributed by atoms with van der Waals surface area (Å²) in [5.41, 5.74) is 3.45. The molecule has 86 valence electrons. The van der Waals surface area contributed by atoms with Crippen molar-refractivity contribution in [1.29, 1.82) is 0 Å². The zero-order valence-corrected chi connectivity index (χ0v) is 9.36. The molecule has 0 aliphatic heterocycles. The Morgan fingerprint density at radius 1 is 1.38 bits per heavy atom. The Kier molecular flexibility index (Phi) is 3.75. The molecule has 7 heteroatoms. The fraction of sp³-hybridized carbons (Fsp3) is 0.111. The summed E-state index contributed by atoms with van der Waals surface area (Å²) in [5.74, 6) is 0. The molecule has 16 heavy (non-hydrogen) atoms. The van der Waals surface area contributed by atoms with Gasteiger partial charge < -0.3 is 0 Å². The third-order valence-corrected chi connectivity index (χ3v) is 2.64. The molecule has 0 unspecified atom stereocenters. The minimum atomic E-state index is -3.68. The molecule has 0 heterocycles. The molecule has 0 aromatic heterocycles. The third-order valence-electron chi connectivity index (χ3n) is 1.71. The van der Waals surface area contributed by atoms with E-state index in [1.54, 1.807) is 6.92 Å². The van der Waals surface area contributed by atoms with Crippen LogP contribution >= 0.6 is 0 Å². The lowest BCUT2D eigenvalue weighted by atomic mass is 10.3. The van der Waals surface area contributed by atoms with Gasteiger partial charge in [-0.1, -0.05) is 0 Å². The van der Waals surface area contributed by atoms with E-state index in [4.69, 9.17) is 5.14 Å². The largest absolute Gasteiger partial charge is 0.296 e. The zero-order valence-electron chi connectivity index (χ0n) is 8.54. The lowest BCUT2D eigenvalue weighted by Crippen LogP contribution is -2.11. The quantitative estimate of drug-likeness (QED) is 0.450. The Bertz CT molecular complexity index is 505. The fourth-order valence-corrected chi connectivity index (χ4v) is 1.41. The highest BCUT2D eigenvalue weighted by Crippen LogP contribution is 2.12. The number of anilines is 1. The molecular weight excluding hydrogens is 230 g/mol. The number of carbonyl (C=O) groups excluding carboxylic acids is 1. The Balaban J connectivity index is 2.84. The second-order valence-corrected chi connectivity index (χ2v) is 4.61. The van der Waals surface area contributed by atoms with E-state index in [0.29, 0.717) is 12.0 Å². The standard InChI is InChI=1S/C9H11N3O3S/c1-7(6-13)11-12-8-2-4-9(5-3-8)16(10,14)15/h2-6,12H,1H3,(H2,10,14,15). The molecule has 0 saturated heterocycles. The lowest BCUT2D eigenvalue weighted by molar-refractivity contribution is -0.102. The predicted molar refractivity (Wildman–Crippen MR) is 60.6 cm³/mol. The normalized spacial score (nSPS) is 12.2. The number of aldehydes is 1. The molecule has 0 aliphatic carbocycles. The fourth-order valence-electron chi connectivity index (χ4n) is 0.898. The van der Waals surface area contributed by atoms with Crippen LogP contribution in [0.4, 0.5) is 5.69 Å². The summed E-state index contributed by atoms with van der Waals surface area (Å²) in [6.45, 7) is 1.54. The Labute approximate surface area is 93.2 Å². The molecule has 1 aromatic carbocycles. The highest BCUT2D eigenvalue weighted by molar-refractivity contribution is 7.89. The van der Waals surface area contributed by atoms with Crippen LogP contribution in [0.5, 0.6) is 0 Å². The predicted octanol–water partition coefficient (Wildman–Crippen LogP) is 0.321. The van der Waals surface area contributed by atoms with Crippen LogP contribution in [-0.4, -0.2) is 20.4 Å². The van der Waals surface area contributed by atoms with Gasteiger partial charge in [0.25, 0.3) is 0 Å². The van der Waals surface area contributed by atoms with Gasteiger partial charge in [-0.05, 0) is 31.2 Å². The van der Waals surface area contributed by atoms with Gasteiger partial charge >= 0.3 is 0 Å². The highest BCUT2D eigenvalue weighted by atomic mass is 32.2. The van der Waals surface area contributed by atoms with Crippen LogP contribution in [0, 0.1) is 0 Å². The Hall–Kier alpha value is -1.73. The number of nitrogens with two attached hydrogens (primary N) is 1. The molecule has 0 atom stereocenters. The molecule has 0 saturated carbocycles. The number of hydrazone groups is 1. The van der Waals surface area contributed by atoms with E-state index in [2.05, 4.69) is 10.5 Å². The maximum atomic E-state index is 10.9. The molecule has 0 radical (unpaired) electrons. The van der Waals surface area contributed by atoms with Crippen LogP contribution in [0.1, 0.15) is 6.92 Å². The van der Waals surface area contributed by atoms with Gasteiger partial charge in [0.1, 0.15) is 0 Å². The van der Waals surface area contributed by atoms with Gasteiger partial charge in [-0.15, -0.1) is 0 Å². The average Bonchev–Trinajstić information content (AvgIpc) is 2.25. The maximum Gasteiger partial charge on any atom is 0.238 e. The number of carbonyl (C=O) groups is 1. The van der Waals surface area contributed by atoms with Gasteiger partial charge in [0.15, 0.2) is 6.29 Å². The number of hydrogen-bond acceptors (Lipinski definition) is 5. The summed E-state index contributed by atoms with van der Waals surface area (Å²) in [5, 5.41) is 8.65. The van der Waals surface area contributed by atoms with Crippen molar-refractivity contribution in [3.8, 4) is 0 Å². The molecule has 1 aromatic rings. The first-order valence-electron chi connectivity index (χ1n) is 4.32. The smallest absolute Gasteiger partial charge is 0.238 e. The van der Waals surface area contributed by atoms with E-state index < -0.39 is 10.0 Å². The molecule has 0 fully saturated rings. The van der Waals surface area contributed by atoms with E-state index in [0.717, 1.165) is 0 Å². The minimum Gasteiger partial charge on any atom is -0.296 e. The van der Waals surface area contributed by atoms with E-state index in [-0.39, 0.29) is 10.6 Å². The Morgan fingerprint density at radius 2 is 1.94 bits per heavy atom. The summed E-state index contributed by atoms with van der Waals surface area (Å²) in [6.07, 6.45) is 0.603. The SMILES string of the molecule is CC(C=O)=NNc1ccc(S(N)(=O)=O)cc1. The molecule has 0 amide bonds. The highest BCUT2D eigenvalue weighted by Gasteiger charge is 2.06. The number of benzene rings is 1. The van der Waals surface area contributed by atoms with Crippen molar-refractivity contribution in [3.63, 3.8) is 0 Å². The number of primary sulfonamides is 1. The van der Waals surface area contributed by atoms with Crippen LogP contribution in [0.15, 0.2) is 34.3 Å². The van der Waals surface area contributed by atoms with Crippen molar-refractivity contribution in [2.45, 2.75) is 11.8 Å². The van der Waals surface area contributed by atoms with Gasteiger partial charge in [-0.2, -0.15) is 5.10 Å². The topological polar surface area (TPSA) is 102 Å². The van der Waals surface area contributed by atoms with E-state index in [9.17, 15) is 13.2 Å².